The molecule has 1 aliphatic heterocycles. The van der Waals surface area contributed by atoms with Crippen LogP contribution in [0.25, 0.3) is 0 Å². The van der Waals surface area contributed by atoms with Crippen LogP contribution in [0.2, 0.25) is 5.02 Å². The minimum Gasteiger partial charge on any atom is -0.380 e. The van der Waals surface area contributed by atoms with Gasteiger partial charge in [0, 0.05) is 34.1 Å². The first-order valence-corrected chi connectivity index (χ1v) is 7.67. The minimum absolute atomic E-state index is 0.106. The van der Waals surface area contributed by atoms with Gasteiger partial charge in [0.25, 0.3) is 0 Å². The predicted octanol–water partition coefficient (Wildman–Crippen LogP) is 2.97. The molecule has 1 saturated heterocycles. The maximum Gasteiger partial charge on any atom is 0.220 e. The molecule has 0 spiro atoms. The van der Waals surface area contributed by atoms with Crippen LogP contribution in [0.4, 0.5) is 0 Å². The van der Waals surface area contributed by atoms with Gasteiger partial charge in [0.1, 0.15) is 0 Å². The van der Waals surface area contributed by atoms with E-state index in [0.717, 1.165) is 28.9 Å². The molecule has 104 valence electrons. The molecule has 19 heavy (non-hydrogen) atoms. The zero-order valence-corrected chi connectivity index (χ0v) is 12.5. The molecule has 0 bridgehead atoms. The fourth-order valence-electron chi connectivity index (χ4n) is 1.75. The van der Waals surface area contributed by atoms with Crippen LogP contribution in [-0.4, -0.2) is 31.4 Å². The van der Waals surface area contributed by atoms with Crippen molar-refractivity contribution in [1.29, 1.82) is 0 Å². The summed E-state index contributed by atoms with van der Waals surface area (Å²) >= 11 is 7.48. The fourth-order valence-corrected chi connectivity index (χ4v) is 2.72. The van der Waals surface area contributed by atoms with Crippen LogP contribution in [0.3, 0.4) is 0 Å². The van der Waals surface area contributed by atoms with Crippen LogP contribution >= 0.6 is 23.4 Å². The van der Waals surface area contributed by atoms with Crippen LogP contribution in [0.1, 0.15) is 13.3 Å². The Morgan fingerprint density at radius 2 is 2.11 bits per heavy atom. The summed E-state index contributed by atoms with van der Waals surface area (Å²) in [6.45, 7) is 4.32. The average Bonchev–Trinajstić information content (AvgIpc) is 2.36. The Balaban J connectivity index is 1.62. The van der Waals surface area contributed by atoms with Gasteiger partial charge in [-0.3, -0.25) is 4.79 Å². The smallest absolute Gasteiger partial charge is 0.220 e. The lowest BCUT2D eigenvalue weighted by molar-refractivity contribution is -0.126. The van der Waals surface area contributed by atoms with Crippen LogP contribution in [0.5, 0.6) is 0 Å². The third kappa shape index (κ3) is 4.71. The van der Waals surface area contributed by atoms with Gasteiger partial charge in [-0.25, -0.2) is 0 Å². The lowest BCUT2D eigenvalue weighted by Gasteiger charge is -2.38. The van der Waals surface area contributed by atoms with Gasteiger partial charge in [0.15, 0.2) is 0 Å². The highest BCUT2D eigenvalue weighted by atomic mass is 35.5. The van der Waals surface area contributed by atoms with E-state index in [-0.39, 0.29) is 11.3 Å². The molecule has 3 nitrogen and oxygen atoms in total. The Bertz CT molecular complexity index is 432. The third-order valence-electron chi connectivity index (χ3n) is 3.02. The number of hydrogen-bond acceptors (Lipinski definition) is 3. The highest BCUT2D eigenvalue weighted by Gasteiger charge is 2.33. The molecule has 2 rings (SSSR count). The van der Waals surface area contributed by atoms with Crippen molar-refractivity contribution in [2.75, 3.05) is 25.5 Å². The van der Waals surface area contributed by atoms with Crippen molar-refractivity contribution in [3.05, 3.63) is 29.3 Å². The lowest BCUT2D eigenvalue weighted by Crippen LogP contribution is -2.48. The van der Waals surface area contributed by atoms with E-state index in [1.54, 1.807) is 11.8 Å². The van der Waals surface area contributed by atoms with E-state index in [1.165, 1.54) is 0 Å². The van der Waals surface area contributed by atoms with E-state index in [0.29, 0.717) is 13.0 Å². The molecule has 0 aliphatic carbocycles. The van der Waals surface area contributed by atoms with E-state index >= 15 is 0 Å². The topological polar surface area (TPSA) is 38.3 Å². The Labute approximate surface area is 123 Å². The number of rotatable bonds is 6. The van der Waals surface area contributed by atoms with Crippen molar-refractivity contribution < 1.29 is 9.53 Å². The third-order valence-corrected chi connectivity index (χ3v) is 4.29. The van der Waals surface area contributed by atoms with Gasteiger partial charge in [0.05, 0.1) is 13.2 Å². The van der Waals surface area contributed by atoms with Crippen LogP contribution in [0, 0.1) is 5.41 Å². The minimum atomic E-state index is 0.106. The number of thioether (sulfide) groups is 1. The quantitative estimate of drug-likeness (QED) is 0.821. The summed E-state index contributed by atoms with van der Waals surface area (Å²) in [5.74, 6) is 0.885. The molecule has 5 heteroatoms. The van der Waals surface area contributed by atoms with Gasteiger partial charge in [-0.2, -0.15) is 0 Å². The van der Waals surface area contributed by atoms with Crippen LogP contribution in [0.15, 0.2) is 29.2 Å². The van der Waals surface area contributed by atoms with E-state index in [9.17, 15) is 4.79 Å². The molecule has 1 N–H and O–H groups in total. The first-order chi connectivity index (χ1) is 9.07. The van der Waals surface area contributed by atoms with Gasteiger partial charge in [0.2, 0.25) is 5.91 Å². The van der Waals surface area contributed by atoms with E-state index < -0.39 is 0 Å². The number of amides is 1. The molecule has 0 radical (unpaired) electrons. The van der Waals surface area contributed by atoms with Crippen LogP contribution < -0.4 is 5.32 Å². The maximum atomic E-state index is 11.7. The van der Waals surface area contributed by atoms with Gasteiger partial charge in [-0.1, -0.05) is 18.5 Å². The summed E-state index contributed by atoms with van der Waals surface area (Å²) in [6, 6.07) is 7.66. The van der Waals surface area contributed by atoms with Crippen molar-refractivity contribution >= 4 is 29.3 Å². The van der Waals surface area contributed by atoms with Gasteiger partial charge in [-0.15, -0.1) is 11.8 Å². The molecular weight excluding hydrogens is 282 g/mol. The largest absolute Gasteiger partial charge is 0.380 e. The average molecular weight is 300 g/mol. The highest BCUT2D eigenvalue weighted by molar-refractivity contribution is 7.99. The normalized spacial score (nSPS) is 16.7. The maximum absolute atomic E-state index is 11.7. The summed E-state index contributed by atoms with van der Waals surface area (Å²) in [5, 5.41) is 3.70. The van der Waals surface area contributed by atoms with E-state index in [4.69, 9.17) is 16.3 Å². The highest BCUT2D eigenvalue weighted by Crippen LogP contribution is 2.25. The number of carbonyl (C=O) groups is 1. The number of ether oxygens (including phenoxy) is 1. The molecule has 1 fully saturated rings. The first-order valence-electron chi connectivity index (χ1n) is 6.30. The first kappa shape index (κ1) is 14.7. The number of carbonyl (C=O) groups excluding carboxylic acids is 1. The van der Waals surface area contributed by atoms with Gasteiger partial charge < -0.3 is 10.1 Å². The molecule has 1 aromatic carbocycles. The number of nitrogens with one attached hydrogen (secondary N) is 1. The Morgan fingerprint density at radius 1 is 1.42 bits per heavy atom. The summed E-state index contributed by atoms with van der Waals surface area (Å²) < 4.78 is 5.15. The van der Waals surface area contributed by atoms with E-state index in [1.807, 2.05) is 24.3 Å². The number of benzene rings is 1. The summed E-state index contributed by atoms with van der Waals surface area (Å²) in [4.78, 5) is 12.8. The summed E-state index contributed by atoms with van der Waals surface area (Å²) in [5.41, 5.74) is 0.138. The SMILES string of the molecule is CC1(CNC(=O)CCSc2ccc(Cl)cc2)COC1. The zero-order valence-electron chi connectivity index (χ0n) is 10.9. The second kappa shape index (κ2) is 6.64. The molecule has 1 heterocycles. The molecule has 0 unspecified atom stereocenters. The molecule has 1 aliphatic rings. The van der Waals surface area contributed by atoms with E-state index in [2.05, 4.69) is 12.2 Å². The van der Waals surface area contributed by atoms with Crippen molar-refractivity contribution in [3.8, 4) is 0 Å². The fraction of sp³-hybridized carbons (Fsp3) is 0.500. The molecule has 1 aromatic rings. The van der Waals surface area contributed by atoms with Crippen LogP contribution in [-0.2, 0) is 9.53 Å². The summed E-state index contributed by atoms with van der Waals surface area (Å²) in [7, 11) is 0. The molecule has 0 saturated carbocycles. The van der Waals surface area contributed by atoms with Crippen molar-refractivity contribution in [2.45, 2.75) is 18.2 Å². The molecule has 0 aromatic heterocycles. The summed E-state index contributed by atoms with van der Waals surface area (Å²) in [6.07, 6.45) is 0.532. The Hall–Kier alpha value is -0.710. The second-order valence-electron chi connectivity index (χ2n) is 5.13. The van der Waals surface area contributed by atoms with Crippen molar-refractivity contribution in [2.24, 2.45) is 5.41 Å². The number of halogens is 1. The molecule has 1 amide bonds. The van der Waals surface area contributed by atoms with Gasteiger partial charge in [-0.05, 0) is 24.3 Å². The lowest BCUT2D eigenvalue weighted by atomic mass is 9.89. The monoisotopic (exact) mass is 299 g/mol. The van der Waals surface area contributed by atoms with Crippen molar-refractivity contribution in [3.63, 3.8) is 0 Å². The number of hydrogen-bond donors (Lipinski definition) is 1. The Morgan fingerprint density at radius 3 is 2.68 bits per heavy atom. The zero-order chi connectivity index (χ0) is 13.7. The van der Waals surface area contributed by atoms with Crippen molar-refractivity contribution in [1.82, 2.24) is 5.32 Å². The molecule has 0 atom stereocenters. The van der Waals surface area contributed by atoms with Gasteiger partial charge >= 0.3 is 0 Å². The second-order valence-corrected chi connectivity index (χ2v) is 6.74. The Kier molecular flexibility index (Phi) is 5.13. The standard InChI is InChI=1S/C14H18ClNO2S/c1-14(9-18-10-14)8-16-13(17)6-7-19-12-4-2-11(15)3-5-12/h2-5H,6-10H2,1H3,(H,16,17). The molecular formula is C14H18ClNO2S. The predicted molar refractivity (Wildman–Crippen MR) is 78.7 cm³/mol.